The van der Waals surface area contributed by atoms with E-state index in [1.54, 1.807) is 12.1 Å². The average Bonchev–Trinajstić information content (AvgIpc) is 3.56. The number of benzene rings is 2. The molecule has 6 atom stereocenters. The van der Waals surface area contributed by atoms with Crippen LogP contribution in [0.15, 0.2) is 53.7 Å². The number of nitrogens with one attached hydrogen (secondary N) is 2. The third kappa shape index (κ3) is 5.55. The van der Waals surface area contributed by atoms with Crippen molar-refractivity contribution < 1.29 is 23.7 Å². The topological polar surface area (TPSA) is 98.3 Å². The fraction of sp³-hybridized carbons (Fsp3) is 0.545. The second-order valence-electron chi connectivity index (χ2n) is 14.0. The summed E-state index contributed by atoms with van der Waals surface area (Å²) in [5, 5.41) is 11.1. The highest BCUT2D eigenvalue weighted by Crippen LogP contribution is 2.65. The highest BCUT2D eigenvalue weighted by Gasteiger charge is 2.68. The predicted molar refractivity (Wildman–Crippen MR) is 172 cm³/mol. The summed E-state index contributed by atoms with van der Waals surface area (Å²) >= 11 is 12.3. The summed E-state index contributed by atoms with van der Waals surface area (Å²) in [5.74, 6) is 0.00886. The fourth-order valence-electron chi connectivity index (χ4n) is 7.70. The molecule has 11 heteroatoms. The molecule has 4 fully saturated rings. The maximum absolute atomic E-state index is 14.3. The van der Waals surface area contributed by atoms with E-state index >= 15 is 0 Å². The van der Waals surface area contributed by atoms with Crippen LogP contribution in [0.1, 0.15) is 69.8 Å². The van der Waals surface area contributed by atoms with E-state index in [1.165, 1.54) is 6.07 Å². The van der Waals surface area contributed by atoms with Crippen molar-refractivity contribution in [3.63, 3.8) is 0 Å². The summed E-state index contributed by atoms with van der Waals surface area (Å²) in [6, 6.07) is 14.4. The summed E-state index contributed by atoms with van der Waals surface area (Å²) in [4.78, 5) is 33.1. The number of hydrogen-bond acceptors (Lipinski definition) is 6. The molecule has 2 aromatic carbocycles. The van der Waals surface area contributed by atoms with E-state index < -0.39 is 24.6 Å². The molecular formula is C33H40BCl2N3O5. The van der Waals surface area contributed by atoms with Gasteiger partial charge in [0.05, 0.1) is 40.5 Å². The van der Waals surface area contributed by atoms with Crippen LogP contribution in [0.5, 0.6) is 0 Å². The first-order valence-electron chi connectivity index (χ1n) is 15.5. The molecule has 2 aliphatic heterocycles. The molecule has 3 aliphatic carbocycles. The standard InChI is InChI=1S/C33H40BCl2N3O5/c1-19(2)28(34-42-27-14-21-13-26(31(21,3)4)32(27,5)43-34)38-30(41)33(16-20-9-7-6-8-10-20)17-23(39-44-33)18-37-29(40)24-15-22(35)11-12-25(24)36/h6-12,15,19,21,26-28H,13-14,16-18H2,1-5H3,(H,37,40)(H,38,41)/t21-,26-,27+,28-,32-,33?/m0/s1. The van der Waals surface area contributed by atoms with Crippen LogP contribution in [-0.2, 0) is 25.4 Å². The predicted octanol–water partition coefficient (Wildman–Crippen LogP) is 5.89. The van der Waals surface area contributed by atoms with Crippen LogP contribution in [-0.4, -0.2) is 54.4 Å². The van der Waals surface area contributed by atoms with Crippen LogP contribution in [0.4, 0.5) is 0 Å². The zero-order valence-corrected chi connectivity index (χ0v) is 27.4. The second kappa shape index (κ2) is 11.6. The Bertz CT molecular complexity index is 1470. The van der Waals surface area contributed by atoms with Gasteiger partial charge in [-0.25, -0.2) is 0 Å². The van der Waals surface area contributed by atoms with Gasteiger partial charge in [-0.3, -0.25) is 9.59 Å². The molecule has 2 N–H and O–H groups in total. The summed E-state index contributed by atoms with van der Waals surface area (Å²) in [7, 11) is -0.568. The smallest absolute Gasteiger partial charge is 0.404 e. The molecule has 2 bridgehead atoms. The highest BCUT2D eigenvalue weighted by molar-refractivity contribution is 6.48. The van der Waals surface area contributed by atoms with Crippen LogP contribution < -0.4 is 10.6 Å². The lowest BCUT2D eigenvalue weighted by Gasteiger charge is -2.64. The van der Waals surface area contributed by atoms with Gasteiger partial charge in [-0.15, -0.1) is 0 Å². The van der Waals surface area contributed by atoms with E-state index in [0.717, 1.165) is 18.4 Å². The number of amides is 2. The summed E-state index contributed by atoms with van der Waals surface area (Å²) in [5.41, 5.74) is 0.270. The Kier molecular flexibility index (Phi) is 8.31. The number of carbonyl (C=O) groups is 2. The Morgan fingerprint density at radius 2 is 1.84 bits per heavy atom. The number of halogens is 2. The minimum absolute atomic E-state index is 0.00924. The molecule has 0 spiro atoms. The van der Waals surface area contributed by atoms with E-state index in [4.69, 9.17) is 37.3 Å². The molecule has 2 amide bonds. The van der Waals surface area contributed by atoms with Crippen molar-refractivity contribution in [1.29, 1.82) is 0 Å². The number of rotatable bonds is 9. The van der Waals surface area contributed by atoms with Crippen molar-refractivity contribution in [1.82, 2.24) is 10.6 Å². The molecule has 7 rings (SSSR count). The molecule has 1 saturated heterocycles. The SMILES string of the molecule is CC(C)[C@H](NC(=O)C1(Cc2ccccc2)CC(CNC(=O)c2cc(Cl)ccc2Cl)=NO1)B1O[C@@H]2C[C@@H]3C[C@@H](C3(C)C)[C@]2(C)O1. The third-order valence-electron chi connectivity index (χ3n) is 10.5. The average molecular weight is 640 g/mol. The van der Waals surface area contributed by atoms with Gasteiger partial charge in [-0.1, -0.05) is 86.4 Å². The molecular weight excluding hydrogens is 600 g/mol. The number of carbonyl (C=O) groups excluding carboxylic acids is 2. The van der Waals surface area contributed by atoms with Gasteiger partial charge in [0.15, 0.2) is 0 Å². The minimum atomic E-state index is -1.30. The second-order valence-corrected chi connectivity index (χ2v) is 14.8. The van der Waals surface area contributed by atoms with Crippen molar-refractivity contribution in [3.8, 4) is 0 Å². The number of nitrogens with zero attached hydrogens (tertiary/aromatic N) is 1. The van der Waals surface area contributed by atoms with Gasteiger partial charge in [0.25, 0.3) is 11.8 Å². The Balaban J connectivity index is 1.17. The summed E-state index contributed by atoms with van der Waals surface area (Å²) in [6.45, 7) is 11.1. The molecule has 0 aromatic heterocycles. The van der Waals surface area contributed by atoms with Gasteiger partial charge >= 0.3 is 7.12 Å². The monoisotopic (exact) mass is 639 g/mol. The van der Waals surface area contributed by atoms with E-state index in [2.05, 4.69) is 50.4 Å². The lowest BCUT2D eigenvalue weighted by atomic mass is 9.43. The molecule has 234 valence electrons. The zero-order chi connectivity index (χ0) is 31.4. The molecule has 44 heavy (non-hydrogen) atoms. The van der Waals surface area contributed by atoms with Gasteiger partial charge in [-0.05, 0) is 66.7 Å². The molecule has 8 nitrogen and oxygen atoms in total. The quantitative estimate of drug-likeness (QED) is 0.334. The Hall–Kier alpha value is -2.59. The largest absolute Gasteiger partial charge is 0.481 e. The maximum atomic E-state index is 14.3. The summed E-state index contributed by atoms with van der Waals surface area (Å²) < 4.78 is 13.3. The first kappa shape index (κ1) is 31.4. The van der Waals surface area contributed by atoms with E-state index in [9.17, 15) is 9.59 Å². The fourth-order valence-corrected chi connectivity index (χ4v) is 8.07. The van der Waals surface area contributed by atoms with Crippen LogP contribution in [0.2, 0.25) is 10.0 Å². The lowest BCUT2D eigenvalue weighted by molar-refractivity contribution is -0.199. The first-order chi connectivity index (χ1) is 20.8. The molecule has 5 aliphatic rings. The van der Waals surface area contributed by atoms with Gasteiger partial charge in [0.2, 0.25) is 5.60 Å². The van der Waals surface area contributed by atoms with Crippen molar-refractivity contribution in [2.75, 3.05) is 6.54 Å². The van der Waals surface area contributed by atoms with Crippen LogP contribution in [0.3, 0.4) is 0 Å². The van der Waals surface area contributed by atoms with Crippen LogP contribution in [0.25, 0.3) is 0 Å². The number of oxime groups is 1. The normalized spacial score (nSPS) is 30.6. The maximum Gasteiger partial charge on any atom is 0.481 e. The van der Waals surface area contributed by atoms with Crippen molar-refractivity contribution in [3.05, 3.63) is 69.7 Å². The Morgan fingerprint density at radius 1 is 1.09 bits per heavy atom. The lowest BCUT2D eigenvalue weighted by Crippen LogP contribution is -2.65. The van der Waals surface area contributed by atoms with E-state index in [-0.39, 0.29) is 47.5 Å². The molecule has 2 heterocycles. The van der Waals surface area contributed by atoms with E-state index in [1.807, 2.05) is 30.3 Å². The number of hydrogen-bond donors (Lipinski definition) is 2. The molecule has 0 radical (unpaired) electrons. The highest BCUT2D eigenvalue weighted by atomic mass is 35.5. The van der Waals surface area contributed by atoms with Gasteiger partial charge in [-0.2, -0.15) is 0 Å². The van der Waals surface area contributed by atoms with Crippen molar-refractivity contribution in [2.24, 2.45) is 28.3 Å². The Labute approximate surface area is 269 Å². The van der Waals surface area contributed by atoms with E-state index in [0.29, 0.717) is 34.0 Å². The van der Waals surface area contributed by atoms with Crippen molar-refractivity contribution >= 4 is 47.8 Å². The van der Waals surface area contributed by atoms with Gasteiger partial charge in [0, 0.05) is 17.9 Å². The molecule has 1 unspecified atom stereocenters. The third-order valence-corrected chi connectivity index (χ3v) is 11.1. The molecule has 3 saturated carbocycles. The van der Waals surface area contributed by atoms with Crippen LogP contribution >= 0.6 is 23.2 Å². The van der Waals surface area contributed by atoms with Gasteiger partial charge in [0.1, 0.15) is 0 Å². The van der Waals surface area contributed by atoms with Crippen molar-refractivity contribution in [2.45, 2.75) is 83.5 Å². The Morgan fingerprint density at radius 3 is 2.55 bits per heavy atom. The molecule has 2 aromatic rings. The zero-order valence-electron chi connectivity index (χ0n) is 25.9. The first-order valence-corrected chi connectivity index (χ1v) is 16.2. The summed E-state index contributed by atoms with van der Waals surface area (Å²) in [6.07, 6.45) is 2.64. The van der Waals surface area contributed by atoms with Crippen LogP contribution in [0, 0.1) is 23.2 Å². The van der Waals surface area contributed by atoms with Gasteiger partial charge < -0.3 is 24.8 Å². The minimum Gasteiger partial charge on any atom is -0.404 e.